The summed E-state index contributed by atoms with van der Waals surface area (Å²) in [5, 5.41) is 9.88. The number of aliphatic hydroxyl groups excluding tert-OH is 1. The van der Waals surface area contributed by atoms with Crippen molar-refractivity contribution < 1.29 is 5.11 Å². The fourth-order valence-corrected chi connectivity index (χ4v) is 1.32. The molecule has 0 aromatic carbocycles. The Morgan fingerprint density at radius 1 is 1.45 bits per heavy atom. The van der Waals surface area contributed by atoms with Crippen molar-refractivity contribution in [3.8, 4) is 0 Å². The Balaban J connectivity index is 3.08. The van der Waals surface area contributed by atoms with Crippen LogP contribution in [0.2, 0.25) is 0 Å². The van der Waals surface area contributed by atoms with Gasteiger partial charge in [-0.25, -0.2) is 0 Å². The first-order chi connectivity index (χ1) is 5.11. The van der Waals surface area contributed by atoms with E-state index in [-0.39, 0.29) is 5.76 Å². The van der Waals surface area contributed by atoms with Gasteiger partial charge >= 0.3 is 0 Å². The van der Waals surface area contributed by atoms with Gasteiger partial charge in [-0.15, -0.1) is 0 Å². The van der Waals surface area contributed by atoms with E-state index in [0.29, 0.717) is 10.1 Å². The molecule has 0 saturated heterocycles. The van der Waals surface area contributed by atoms with E-state index in [1.807, 2.05) is 6.92 Å². The first-order valence-electron chi connectivity index (χ1n) is 3.23. The van der Waals surface area contributed by atoms with Crippen molar-refractivity contribution in [3.63, 3.8) is 0 Å². The van der Waals surface area contributed by atoms with Crippen LogP contribution in [0.3, 0.4) is 0 Å². The summed E-state index contributed by atoms with van der Waals surface area (Å²) in [6.07, 6.45) is 4.18. The Hall–Kier alpha value is -0.400. The second kappa shape index (κ2) is 3.33. The number of hydrogen-bond donors (Lipinski definition) is 1. The van der Waals surface area contributed by atoms with E-state index in [2.05, 4.69) is 0 Å². The summed E-state index contributed by atoms with van der Waals surface area (Å²) >= 11 is 11.4. The van der Waals surface area contributed by atoms with Crippen LogP contribution in [0.5, 0.6) is 0 Å². The van der Waals surface area contributed by atoms with Crippen LogP contribution in [0.1, 0.15) is 13.3 Å². The van der Waals surface area contributed by atoms with E-state index in [0.717, 1.165) is 12.0 Å². The Morgan fingerprint density at radius 2 is 2.09 bits per heavy atom. The van der Waals surface area contributed by atoms with Crippen molar-refractivity contribution >= 4 is 23.2 Å². The average molecular weight is 191 g/mol. The van der Waals surface area contributed by atoms with Crippen LogP contribution >= 0.6 is 23.2 Å². The maximum Gasteiger partial charge on any atom is 0.152 e. The normalized spacial score (nSPS) is 19.2. The summed E-state index contributed by atoms with van der Waals surface area (Å²) in [7, 11) is 0. The lowest BCUT2D eigenvalue weighted by atomic mass is 10.2. The third kappa shape index (κ3) is 2.01. The minimum absolute atomic E-state index is 0.0369. The second-order valence-corrected chi connectivity index (χ2v) is 3.26. The zero-order valence-corrected chi connectivity index (χ0v) is 7.58. The standard InChI is InChI=1S/C8H8Cl2O/c1-5-2-3-6(9)8(11)7(10)4-5/h3-4,11H,2H2,1H3. The molecule has 1 nitrogen and oxygen atoms in total. The molecule has 1 aliphatic rings. The van der Waals surface area contributed by atoms with Gasteiger partial charge in [-0.1, -0.05) is 34.9 Å². The Kier molecular flexibility index (Phi) is 2.63. The molecular formula is C8H8Cl2O. The van der Waals surface area contributed by atoms with Crippen LogP contribution in [0.4, 0.5) is 0 Å². The van der Waals surface area contributed by atoms with E-state index in [4.69, 9.17) is 23.2 Å². The average Bonchev–Trinajstić information content (AvgIpc) is 2.05. The van der Waals surface area contributed by atoms with Crippen molar-refractivity contribution in [2.45, 2.75) is 13.3 Å². The predicted octanol–water partition coefficient (Wildman–Crippen LogP) is 3.47. The lowest BCUT2D eigenvalue weighted by molar-refractivity contribution is 0.428. The molecule has 0 saturated carbocycles. The van der Waals surface area contributed by atoms with E-state index >= 15 is 0 Å². The molecule has 0 fully saturated rings. The molecule has 0 atom stereocenters. The highest BCUT2D eigenvalue weighted by molar-refractivity contribution is 6.36. The fraction of sp³-hybridized carbons (Fsp3) is 0.250. The fourth-order valence-electron chi connectivity index (χ4n) is 0.805. The molecule has 0 aliphatic heterocycles. The first-order valence-corrected chi connectivity index (χ1v) is 3.99. The number of rotatable bonds is 0. The predicted molar refractivity (Wildman–Crippen MR) is 47.8 cm³/mol. The summed E-state index contributed by atoms with van der Waals surface area (Å²) in [5.41, 5.74) is 1.08. The van der Waals surface area contributed by atoms with Gasteiger partial charge in [0.1, 0.15) is 0 Å². The lowest BCUT2D eigenvalue weighted by Crippen LogP contribution is -1.81. The molecule has 0 spiro atoms. The van der Waals surface area contributed by atoms with Crippen molar-refractivity contribution in [2.75, 3.05) is 0 Å². The minimum Gasteiger partial charge on any atom is -0.505 e. The van der Waals surface area contributed by atoms with E-state index < -0.39 is 0 Å². The molecule has 0 amide bonds. The highest BCUT2D eigenvalue weighted by atomic mass is 35.5. The first kappa shape index (κ1) is 8.69. The van der Waals surface area contributed by atoms with Crippen LogP contribution in [0, 0.1) is 0 Å². The number of allylic oxidation sites excluding steroid dienone is 5. The van der Waals surface area contributed by atoms with Crippen LogP contribution in [-0.2, 0) is 0 Å². The monoisotopic (exact) mass is 190 g/mol. The van der Waals surface area contributed by atoms with Gasteiger partial charge < -0.3 is 5.11 Å². The SMILES string of the molecule is CC1=CC(Cl)=C(O)C(Cl)=CC1. The largest absolute Gasteiger partial charge is 0.505 e. The number of halogens is 2. The summed E-state index contributed by atoms with van der Waals surface area (Å²) < 4.78 is 0. The van der Waals surface area contributed by atoms with Gasteiger partial charge in [-0.05, 0) is 19.4 Å². The van der Waals surface area contributed by atoms with Crippen molar-refractivity contribution in [3.05, 3.63) is 33.5 Å². The summed E-state index contributed by atoms with van der Waals surface area (Å²) in [5.74, 6) is -0.0369. The van der Waals surface area contributed by atoms with Crippen LogP contribution in [-0.4, -0.2) is 5.11 Å². The van der Waals surface area contributed by atoms with Gasteiger partial charge in [0.25, 0.3) is 0 Å². The molecule has 1 N–H and O–H groups in total. The zero-order valence-electron chi connectivity index (χ0n) is 6.06. The Bertz CT molecular complexity index is 261. The molecular weight excluding hydrogens is 183 g/mol. The van der Waals surface area contributed by atoms with Gasteiger partial charge in [-0.3, -0.25) is 0 Å². The molecule has 3 heteroatoms. The van der Waals surface area contributed by atoms with Gasteiger partial charge in [0.15, 0.2) is 5.76 Å². The van der Waals surface area contributed by atoms with Crippen molar-refractivity contribution in [2.24, 2.45) is 0 Å². The molecule has 0 radical (unpaired) electrons. The molecule has 1 aliphatic carbocycles. The molecule has 0 aromatic heterocycles. The Labute approximate surface area is 75.6 Å². The van der Waals surface area contributed by atoms with Crippen molar-refractivity contribution in [1.82, 2.24) is 0 Å². The molecule has 0 bridgehead atoms. The Morgan fingerprint density at radius 3 is 2.73 bits per heavy atom. The smallest absolute Gasteiger partial charge is 0.152 e. The van der Waals surface area contributed by atoms with Crippen LogP contribution in [0.25, 0.3) is 0 Å². The van der Waals surface area contributed by atoms with E-state index in [1.165, 1.54) is 0 Å². The number of hydrogen-bond acceptors (Lipinski definition) is 1. The molecule has 0 unspecified atom stereocenters. The lowest BCUT2D eigenvalue weighted by Gasteiger charge is -1.95. The highest BCUT2D eigenvalue weighted by Gasteiger charge is 2.08. The zero-order chi connectivity index (χ0) is 8.43. The summed E-state index contributed by atoms with van der Waals surface area (Å²) in [6, 6.07) is 0. The molecule has 0 heterocycles. The third-order valence-corrected chi connectivity index (χ3v) is 2.05. The topological polar surface area (TPSA) is 20.2 Å². The maximum absolute atomic E-state index is 9.25. The van der Waals surface area contributed by atoms with Gasteiger partial charge in [0.2, 0.25) is 0 Å². The summed E-state index contributed by atoms with van der Waals surface area (Å²) in [6.45, 7) is 1.93. The molecule has 60 valence electrons. The molecule has 1 rings (SSSR count). The quantitative estimate of drug-likeness (QED) is 0.621. The van der Waals surface area contributed by atoms with Crippen molar-refractivity contribution in [1.29, 1.82) is 0 Å². The molecule has 0 aromatic rings. The van der Waals surface area contributed by atoms with E-state index in [1.54, 1.807) is 12.2 Å². The summed E-state index contributed by atoms with van der Waals surface area (Å²) in [4.78, 5) is 0. The van der Waals surface area contributed by atoms with Gasteiger partial charge in [-0.2, -0.15) is 0 Å². The van der Waals surface area contributed by atoms with E-state index in [9.17, 15) is 5.11 Å². The van der Waals surface area contributed by atoms with Crippen LogP contribution < -0.4 is 0 Å². The number of aliphatic hydroxyl groups is 1. The van der Waals surface area contributed by atoms with Gasteiger partial charge in [0.05, 0.1) is 10.1 Å². The minimum atomic E-state index is -0.0369. The second-order valence-electron chi connectivity index (χ2n) is 2.44. The maximum atomic E-state index is 9.25. The third-order valence-electron chi connectivity index (χ3n) is 1.43. The highest BCUT2D eigenvalue weighted by Crippen LogP contribution is 2.25. The van der Waals surface area contributed by atoms with Crippen LogP contribution in [0.15, 0.2) is 33.5 Å². The molecule has 11 heavy (non-hydrogen) atoms. The van der Waals surface area contributed by atoms with Gasteiger partial charge in [0, 0.05) is 0 Å².